The molecule has 0 saturated carbocycles. The van der Waals surface area contributed by atoms with Crippen LogP contribution in [0, 0.1) is 0 Å². The highest BCUT2D eigenvalue weighted by Crippen LogP contribution is 2.19. The molecule has 0 aliphatic carbocycles. The molecule has 2 rings (SSSR count). The predicted octanol–water partition coefficient (Wildman–Crippen LogP) is 2.50. The van der Waals surface area contributed by atoms with E-state index in [1.54, 1.807) is 6.20 Å². The summed E-state index contributed by atoms with van der Waals surface area (Å²) >= 11 is 5.81. The quantitative estimate of drug-likeness (QED) is 0.811. The largest absolute Gasteiger partial charge is 0.368 e. The van der Waals surface area contributed by atoms with E-state index in [0.29, 0.717) is 5.82 Å². The summed E-state index contributed by atoms with van der Waals surface area (Å²) in [4.78, 5) is 12.4. The number of aromatic nitrogens is 3. The van der Waals surface area contributed by atoms with Gasteiger partial charge in [-0.2, -0.15) is 4.98 Å². The molecule has 1 N–H and O–H groups in total. The molecule has 4 nitrogen and oxygen atoms in total. The van der Waals surface area contributed by atoms with Gasteiger partial charge in [-0.05, 0) is 30.2 Å². The van der Waals surface area contributed by atoms with Crippen LogP contribution in [0.15, 0.2) is 18.3 Å². The first kappa shape index (κ1) is 10.1. The Morgan fingerprint density at radius 1 is 1.40 bits per heavy atom. The molecule has 0 fully saturated rings. The van der Waals surface area contributed by atoms with Crippen molar-refractivity contribution in [2.24, 2.45) is 0 Å². The Hall–Kier alpha value is -1.42. The molecule has 0 saturated heterocycles. The van der Waals surface area contributed by atoms with Crippen molar-refractivity contribution in [1.29, 1.82) is 0 Å². The molecule has 2 aromatic rings. The van der Waals surface area contributed by atoms with Gasteiger partial charge in [-0.1, -0.05) is 6.92 Å². The van der Waals surface area contributed by atoms with Gasteiger partial charge in [-0.3, -0.25) is 4.98 Å². The maximum absolute atomic E-state index is 5.81. The van der Waals surface area contributed by atoms with Crippen LogP contribution in [0.1, 0.15) is 13.3 Å². The van der Waals surface area contributed by atoms with Crippen molar-refractivity contribution in [1.82, 2.24) is 15.0 Å². The summed E-state index contributed by atoms with van der Waals surface area (Å²) in [6, 6.07) is 3.70. The summed E-state index contributed by atoms with van der Waals surface area (Å²) in [6.07, 6.45) is 2.74. The van der Waals surface area contributed by atoms with Crippen molar-refractivity contribution >= 4 is 28.5 Å². The molecule has 0 unspecified atom stereocenters. The van der Waals surface area contributed by atoms with E-state index >= 15 is 0 Å². The lowest BCUT2D eigenvalue weighted by Crippen LogP contribution is -2.04. The van der Waals surface area contributed by atoms with Crippen LogP contribution < -0.4 is 5.32 Å². The Morgan fingerprint density at radius 3 is 3.07 bits per heavy atom. The van der Waals surface area contributed by atoms with Gasteiger partial charge in [0, 0.05) is 12.7 Å². The van der Waals surface area contributed by atoms with E-state index in [0.717, 1.165) is 24.0 Å². The van der Waals surface area contributed by atoms with Gasteiger partial charge in [0.25, 0.3) is 0 Å². The molecule has 0 atom stereocenters. The molecule has 0 aliphatic rings. The maximum atomic E-state index is 5.81. The zero-order chi connectivity index (χ0) is 10.7. The van der Waals surface area contributed by atoms with Gasteiger partial charge in [-0.15, -0.1) is 0 Å². The fourth-order valence-electron chi connectivity index (χ4n) is 1.31. The average Bonchev–Trinajstić information content (AvgIpc) is 2.25. The molecule has 0 aromatic carbocycles. The summed E-state index contributed by atoms with van der Waals surface area (Å²) in [6.45, 7) is 2.93. The number of nitrogens with one attached hydrogen (secondary N) is 1. The van der Waals surface area contributed by atoms with Crippen LogP contribution in [0.5, 0.6) is 0 Å². The van der Waals surface area contributed by atoms with Gasteiger partial charge < -0.3 is 5.32 Å². The molecule has 78 valence electrons. The maximum Gasteiger partial charge on any atom is 0.225 e. The molecule has 15 heavy (non-hydrogen) atoms. The smallest absolute Gasteiger partial charge is 0.225 e. The molecular formula is C10H11ClN4. The second-order valence-corrected chi connectivity index (χ2v) is 3.48. The van der Waals surface area contributed by atoms with E-state index in [1.165, 1.54) is 0 Å². The SMILES string of the molecule is CCCNc1nc(Cl)nc2cccnc12. The number of halogens is 1. The van der Waals surface area contributed by atoms with Gasteiger partial charge in [0.15, 0.2) is 5.82 Å². The minimum absolute atomic E-state index is 0.245. The molecule has 2 heterocycles. The lowest BCUT2D eigenvalue weighted by Gasteiger charge is -2.06. The number of fused-ring (bicyclic) bond motifs is 1. The lowest BCUT2D eigenvalue weighted by molar-refractivity contribution is 0.968. The highest BCUT2D eigenvalue weighted by molar-refractivity contribution is 6.28. The van der Waals surface area contributed by atoms with Crippen LogP contribution >= 0.6 is 11.6 Å². The first-order valence-corrected chi connectivity index (χ1v) is 5.21. The molecule has 2 aromatic heterocycles. The van der Waals surface area contributed by atoms with Crippen LogP contribution in [0.25, 0.3) is 11.0 Å². The van der Waals surface area contributed by atoms with E-state index in [4.69, 9.17) is 11.6 Å². The second kappa shape index (κ2) is 4.40. The topological polar surface area (TPSA) is 50.7 Å². The molecular weight excluding hydrogens is 212 g/mol. The number of hydrogen-bond donors (Lipinski definition) is 1. The average molecular weight is 223 g/mol. The number of pyridine rings is 1. The molecule has 0 amide bonds. The Morgan fingerprint density at radius 2 is 2.27 bits per heavy atom. The van der Waals surface area contributed by atoms with Gasteiger partial charge >= 0.3 is 0 Å². The predicted molar refractivity (Wildman–Crippen MR) is 61.1 cm³/mol. The third-order valence-corrected chi connectivity index (χ3v) is 2.14. The second-order valence-electron chi connectivity index (χ2n) is 3.14. The zero-order valence-corrected chi connectivity index (χ0v) is 9.12. The van der Waals surface area contributed by atoms with Crippen LogP contribution in [0.2, 0.25) is 5.28 Å². The first-order valence-electron chi connectivity index (χ1n) is 4.83. The number of anilines is 1. The minimum atomic E-state index is 0.245. The van der Waals surface area contributed by atoms with Crippen LogP contribution in [-0.4, -0.2) is 21.5 Å². The number of nitrogens with zero attached hydrogens (tertiary/aromatic N) is 3. The summed E-state index contributed by atoms with van der Waals surface area (Å²) in [5.41, 5.74) is 1.52. The highest BCUT2D eigenvalue weighted by atomic mass is 35.5. The van der Waals surface area contributed by atoms with Gasteiger partial charge in [0.05, 0.1) is 5.52 Å². The molecule has 0 aliphatic heterocycles. The van der Waals surface area contributed by atoms with Crippen LogP contribution in [0.4, 0.5) is 5.82 Å². The normalized spacial score (nSPS) is 10.5. The van der Waals surface area contributed by atoms with Crippen molar-refractivity contribution in [3.8, 4) is 0 Å². The Labute approximate surface area is 92.7 Å². The first-order chi connectivity index (χ1) is 7.31. The highest BCUT2D eigenvalue weighted by Gasteiger charge is 2.05. The summed E-state index contributed by atoms with van der Waals surface area (Å²) in [5, 5.41) is 3.42. The fraction of sp³-hybridized carbons (Fsp3) is 0.300. The lowest BCUT2D eigenvalue weighted by atomic mass is 10.3. The Bertz CT molecular complexity index is 472. The van der Waals surface area contributed by atoms with Crippen molar-refractivity contribution in [3.63, 3.8) is 0 Å². The Balaban J connectivity index is 2.50. The van der Waals surface area contributed by atoms with E-state index < -0.39 is 0 Å². The third-order valence-electron chi connectivity index (χ3n) is 1.97. The standard InChI is InChI=1S/C10H11ClN4/c1-2-5-13-9-8-7(4-3-6-12-8)14-10(11)15-9/h3-4,6H,2,5H2,1H3,(H,13,14,15). The summed E-state index contributed by atoms with van der Waals surface area (Å²) < 4.78 is 0. The summed E-state index contributed by atoms with van der Waals surface area (Å²) in [5.74, 6) is 0.701. The zero-order valence-electron chi connectivity index (χ0n) is 8.37. The number of hydrogen-bond acceptors (Lipinski definition) is 4. The van der Waals surface area contributed by atoms with Crippen LogP contribution in [0.3, 0.4) is 0 Å². The molecule has 0 spiro atoms. The van der Waals surface area contributed by atoms with Crippen molar-refractivity contribution in [2.75, 3.05) is 11.9 Å². The fourth-order valence-corrected chi connectivity index (χ4v) is 1.48. The summed E-state index contributed by atoms with van der Waals surface area (Å²) in [7, 11) is 0. The third kappa shape index (κ3) is 2.15. The molecule has 0 radical (unpaired) electrons. The van der Waals surface area contributed by atoms with Crippen LogP contribution in [-0.2, 0) is 0 Å². The number of rotatable bonds is 3. The van der Waals surface area contributed by atoms with Gasteiger partial charge in [0.2, 0.25) is 5.28 Å². The van der Waals surface area contributed by atoms with Crippen molar-refractivity contribution in [2.45, 2.75) is 13.3 Å². The van der Waals surface area contributed by atoms with E-state index in [9.17, 15) is 0 Å². The van der Waals surface area contributed by atoms with E-state index in [-0.39, 0.29) is 5.28 Å². The monoisotopic (exact) mass is 222 g/mol. The molecule has 0 bridgehead atoms. The Kier molecular flexibility index (Phi) is 2.97. The van der Waals surface area contributed by atoms with E-state index in [2.05, 4.69) is 27.2 Å². The van der Waals surface area contributed by atoms with Crippen molar-refractivity contribution < 1.29 is 0 Å². The van der Waals surface area contributed by atoms with Gasteiger partial charge in [0.1, 0.15) is 5.52 Å². The van der Waals surface area contributed by atoms with E-state index in [1.807, 2.05) is 12.1 Å². The van der Waals surface area contributed by atoms with Gasteiger partial charge in [-0.25, -0.2) is 4.98 Å². The van der Waals surface area contributed by atoms with Crippen molar-refractivity contribution in [3.05, 3.63) is 23.6 Å². The molecule has 5 heteroatoms. The minimum Gasteiger partial charge on any atom is -0.368 e.